The van der Waals surface area contributed by atoms with E-state index in [4.69, 9.17) is 4.42 Å². The first-order valence-corrected chi connectivity index (χ1v) is 8.70. The van der Waals surface area contributed by atoms with Gasteiger partial charge in [-0.3, -0.25) is 9.78 Å². The molecule has 4 rings (SSSR count). The van der Waals surface area contributed by atoms with Gasteiger partial charge in [-0.25, -0.2) is 0 Å². The van der Waals surface area contributed by atoms with Crippen LogP contribution in [0.15, 0.2) is 53.5 Å². The molecule has 1 fully saturated rings. The number of nitrogens with one attached hydrogen (secondary N) is 1. The number of hydrogen-bond donors (Lipinski definition) is 1. The van der Waals surface area contributed by atoms with Crippen LogP contribution in [0.5, 0.6) is 0 Å². The fourth-order valence-corrected chi connectivity index (χ4v) is 2.87. The number of furan rings is 1. The third-order valence-electron chi connectivity index (χ3n) is 4.35. The number of carbonyl (C=O) groups excluding carboxylic acids is 1. The first-order valence-electron chi connectivity index (χ1n) is 8.70. The monoisotopic (exact) mass is 365 g/mol. The van der Waals surface area contributed by atoms with Crippen LogP contribution in [0.25, 0.3) is 0 Å². The van der Waals surface area contributed by atoms with E-state index in [1.165, 1.54) is 6.26 Å². The predicted octanol–water partition coefficient (Wildman–Crippen LogP) is 1.43. The first kappa shape index (κ1) is 17.0. The molecule has 1 aliphatic rings. The average Bonchev–Trinajstić information content (AvgIpc) is 3.28. The van der Waals surface area contributed by atoms with E-state index in [2.05, 4.69) is 25.5 Å². The highest BCUT2D eigenvalue weighted by Crippen LogP contribution is 2.15. The number of carbonyl (C=O) groups is 1. The zero-order valence-electron chi connectivity index (χ0n) is 14.7. The van der Waals surface area contributed by atoms with Gasteiger partial charge >= 0.3 is 0 Å². The van der Waals surface area contributed by atoms with Gasteiger partial charge in [0.05, 0.1) is 12.5 Å². The highest BCUT2D eigenvalue weighted by atomic mass is 16.3. The van der Waals surface area contributed by atoms with Crippen molar-refractivity contribution in [3.05, 3.63) is 60.4 Å². The topological polar surface area (TPSA) is 100 Å². The lowest BCUT2D eigenvalue weighted by Crippen LogP contribution is -2.49. The molecule has 0 aliphatic carbocycles. The fraction of sp³-hybridized carbons (Fsp3) is 0.278. The van der Waals surface area contributed by atoms with Gasteiger partial charge in [0.15, 0.2) is 11.6 Å². The Morgan fingerprint density at radius 2 is 1.96 bits per heavy atom. The number of pyridine rings is 1. The van der Waals surface area contributed by atoms with E-state index in [1.807, 2.05) is 17.0 Å². The largest absolute Gasteiger partial charge is 0.459 e. The molecule has 0 unspecified atom stereocenters. The summed E-state index contributed by atoms with van der Waals surface area (Å²) in [6, 6.07) is 7.28. The van der Waals surface area contributed by atoms with E-state index < -0.39 is 0 Å². The van der Waals surface area contributed by atoms with Crippen LogP contribution in [-0.4, -0.2) is 57.2 Å². The lowest BCUT2D eigenvalue weighted by Gasteiger charge is -2.34. The van der Waals surface area contributed by atoms with Crippen molar-refractivity contribution in [1.82, 2.24) is 25.1 Å². The Hall–Kier alpha value is -3.49. The summed E-state index contributed by atoms with van der Waals surface area (Å²) >= 11 is 0. The van der Waals surface area contributed by atoms with Gasteiger partial charge in [-0.2, -0.15) is 10.1 Å². The van der Waals surface area contributed by atoms with Gasteiger partial charge in [-0.15, -0.1) is 5.10 Å². The van der Waals surface area contributed by atoms with Gasteiger partial charge in [0.2, 0.25) is 5.95 Å². The molecule has 1 N–H and O–H groups in total. The second kappa shape index (κ2) is 7.81. The molecule has 0 bridgehead atoms. The van der Waals surface area contributed by atoms with Crippen molar-refractivity contribution in [3.63, 3.8) is 0 Å². The SMILES string of the molecule is O=C(c1ccco1)N1CCN(c2nncc(NCc3ccncc3)n2)CC1. The number of hydrogen-bond acceptors (Lipinski definition) is 8. The van der Waals surface area contributed by atoms with E-state index in [0.29, 0.717) is 50.3 Å². The molecule has 138 valence electrons. The van der Waals surface area contributed by atoms with Crippen LogP contribution in [0.4, 0.5) is 11.8 Å². The summed E-state index contributed by atoms with van der Waals surface area (Å²) in [4.78, 5) is 24.7. The molecular formula is C18H19N7O2. The normalized spacial score (nSPS) is 14.2. The number of rotatable bonds is 5. The van der Waals surface area contributed by atoms with Gasteiger partial charge in [0.1, 0.15) is 0 Å². The fourth-order valence-electron chi connectivity index (χ4n) is 2.87. The van der Waals surface area contributed by atoms with Crippen LogP contribution in [0.3, 0.4) is 0 Å². The van der Waals surface area contributed by atoms with Crippen LogP contribution >= 0.6 is 0 Å². The Kier molecular flexibility index (Phi) is 4.91. The molecule has 0 spiro atoms. The van der Waals surface area contributed by atoms with Crippen molar-refractivity contribution >= 4 is 17.7 Å². The Balaban J connectivity index is 1.35. The number of anilines is 2. The minimum atomic E-state index is -0.0912. The van der Waals surface area contributed by atoms with E-state index in [1.54, 1.807) is 35.6 Å². The maximum atomic E-state index is 12.3. The highest BCUT2D eigenvalue weighted by Gasteiger charge is 2.25. The minimum Gasteiger partial charge on any atom is -0.459 e. The van der Waals surface area contributed by atoms with Crippen molar-refractivity contribution < 1.29 is 9.21 Å². The molecule has 0 atom stereocenters. The molecule has 0 aromatic carbocycles. The van der Waals surface area contributed by atoms with Crippen molar-refractivity contribution in [1.29, 1.82) is 0 Å². The summed E-state index contributed by atoms with van der Waals surface area (Å²) in [6.45, 7) is 3.07. The van der Waals surface area contributed by atoms with Crippen LogP contribution in [0.2, 0.25) is 0 Å². The zero-order chi connectivity index (χ0) is 18.5. The lowest BCUT2D eigenvalue weighted by molar-refractivity contribution is 0.0714. The van der Waals surface area contributed by atoms with Gasteiger partial charge in [0, 0.05) is 45.1 Å². The number of amides is 1. The molecule has 3 aromatic heterocycles. The van der Waals surface area contributed by atoms with Crippen molar-refractivity contribution in [2.45, 2.75) is 6.54 Å². The number of nitrogens with zero attached hydrogens (tertiary/aromatic N) is 6. The highest BCUT2D eigenvalue weighted by molar-refractivity contribution is 5.91. The van der Waals surface area contributed by atoms with E-state index >= 15 is 0 Å². The van der Waals surface area contributed by atoms with Crippen molar-refractivity contribution in [2.75, 3.05) is 36.4 Å². The summed E-state index contributed by atoms with van der Waals surface area (Å²) in [5, 5.41) is 11.4. The van der Waals surface area contributed by atoms with E-state index in [9.17, 15) is 4.79 Å². The van der Waals surface area contributed by atoms with Gasteiger partial charge in [0.25, 0.3) is 5.91 Å². The van der Waals surface area contributed by atoms with Crippen molar-refractivity contribution in [3.8, 4) is 0 Å². The van der Waals surface area contributed by atoms with Gasteiger partial charge in [-0.1, -0.05) is 0 Å². The molecule has 0 saturated carbocycles. The standard InChI is InChI=1S/C18H19N7O2/c26-17(15-2-1-11-27-15)24-7-9-25(10-8-24)18-22-16(13-21-23-18)20-12-14-3-5-19-6-4-14/h1-6,11,13H,7-10,12H2,(H,20,22,23). The smallest absolute Gasteiger partial charge is 0.289 e. The van der Waals surface area contributed by atoms with Crippen LogP contribution < -0.4 is 10.2 Å². The molecule has 3 aromatic rings. The number of aromatic nitrogens is 4. The molecule has 1 amide bonds. The summed E-state index contributed by atoms with van der Waals surface area (Å²) in [6.07, 6.45) is 6.61. The minimum absolute atomic E-state index is 0.0912. The van der Waals surface area contributed by atoms with Crippen molar-refractivity contribution in [2.24, 2.45) is 0 Å². The Labute approximate surface area is 156 Å². The lowest BCUT2D eigenvalue weighted by atomic mass is 10.3. The summed E-state index contributed by atoms with van der Waals surface area (Å²) in [5.41, 5.74) is 1.11. The zero-order valence-corrected chi connectivity index (χ0v) is 14.7. The Bertz CT molecular complexity index is 878. The molecule has 27 heavy (non-hydrogen) atoms. The van der Waals surface area contributed by atoms with Gasteiger partial charge in [-0.05, 0) is 29.8 Å². The molecule has 9 nitrogen and oxygen atoms in total. The first-order chi connectivity index (χ1) is 13.3. The molecule has 1 aliphatic heterocycles. The predicted molar refractivity (Wildman–Crippen MR) is 98.2 cm³/mol. The van der Waals surface area contributed by atoms with Crippen LogP contribution in [-0.2, 0) is 6.54 Å². The van der Waals surface area contributed by atoms with E-state index in [-0.39, 0.29) is 5.91 Å². The summed E-state index contributed by atoms with van der Waals surface area (Å²) in [7, 11) is 0. The van der Waals surface area contributed by atoms with Crippen LogP contribution in [0.1, 0.15) is 16.1 Å². The summed E-state index contributed by atoms with van der Waals surface area (Å²) in [5.74, 6) is 1.49. The Morgan fingerprint density at radius 1 is 1.15 bits per heavy atom. The maximum Gasteiger partial charge on any atom is 0.289 e. The molecular weight excluding hydrogens is 346 g/mol. The second-order valence-electron chi connectivity index (χ2n) is 6.11. The van der Waals surface area contributed by atoms with Crippen LogP contribution in [0, 0.1) is 0 Å². The quantitative estimate of drug-likeness (QED) is 0.725. The molecule has 4 heterocycles. The molecule has 9 heteroatoms. The number of piperazine rings is 1. The maximum absolute atomic E-state index is 12.3. The summed E-state index contributed by atoms with van der Waals surface area (Å²) < 4.78 is 5.19. The average molecular weight is 365 g/mol. The Morgan fingerprint density at radius 3 is 2.70 bits per heavy atom. The third kappa shape index (κ3) is 4.02. The third-order valence-corrected chi connectivity index (χ3v) is 4.35. The van der Waals surface area contributed by atoms with E-state index in [0.717, 1.165) is 5.56 Å². The van der Waals surface area contributed by atoms with Gasteiger partial charge < -0.3 is 19.5 Å². The molecule has 1 saturated heterocycles. The second-order valence-corrected chi connectivity index (χ2v) is 6.11. The molecule has 0 radical (unpaired) electrons.